The molecule has 2 nitrogen and oxygen atoms in total. The molecule has 0 radical (unpaired) electrons. The Morgan fingerprint density at radius 1 is 0.305 bits per heavy atom. The summed E-state index contributed by atoms with van der Waals surface area (Å²) in [4.78, 5) is 2.63. The topological polar surface area (TPSA) is 16.4 Å². The third kappa shape index (κ3) is 6.20. The third-order valence-electron chi connectivity index (χ3n) is 21.1. The minimum absolute atomic E-state index is 0.0816. The summed E-state index contributed by atoms with van der Waals surface area (Å²) in [5, 5.41) is 1.14. The van der Waals surface area contributed by atoms with Crippen LogP contribution in [0.4, 0.5) is 17.1 Å². The molecule has 0 saturated heterocycles. The number of fused-ring (bicyclic) bond motifs is 10. The van der Waals surface area contributed by atoms with Crippen LogP contribution in [0.2, 0.25) is 0 Å². The third-order valence-corrected chi connectivity index (χ3v) is 21.1. The smallest absolute Gasteiger partial charge is 0.134 e. The maximum atomic E-state index is 6.00. The highest BCUT2D eigenvalue weighted by atomic mass is 16.3. The van der Waals surface area contributed by atoms with Gasteiger partial charge < -0.3 is 9.32 Å². The van der Waals surface area contributed by atoms with Crippen LogP contribution >= 0.6 is 0 Å². The minimum Gasteiger partial charge on any atom is -0.464 e. The first kappa shape index (κ1) is 46.5. The SMILES string of the molecule is c1ccc(C2(c3ccccc3)c3ccccc3-c3cc(N(c4ccc5c(c4)C(c4ccccc4)(c4ccccc4)c4ccccc4-5)c4ccc5c(c4)C4(c6cc(-c7ccc8ccoc8c7)ccc6-5)C5CC6CC(C5)CC4C6)ccc32)cc1. The van der Waals surface area contributed by atoms with Gasteiger partial charge in [-0.15, -0.1) is 0 Å². The number of rotatable bonds is 8. The molecule has 2 heteroatoms. The highest BCUT2D eigenvalue weighted by Gasteiger charge is 2.62. The fraction of sp³-hybridized carbons (Fsp3) is 0.150. The Balaban J connectivity index is 0.891. The summed E-state index contributed by atoms with van der Waals surface area (Å²) < 4.78 is 6.00. The fourth-order valence-electron chi connectivity index (χ4n) is 18.2. The van der Waals surface area contributed by atoms with Gasteiger partial charge in [0, 0.05) is 27.9 Å². The zero-order chi connectivity index (χ0) is 53.7. The van der Waals surface area contributed by atoms with E-state index in [1.807, 2.05) is 6.26 Å². The molecule has 0 N–H and O–H groups in total. The van der Waals surface area contributed by atoms with Crippen LogP contribution in [0, 0.1) is 23.7 Å². The Morgan fingerprint density at radius 3 is 1.30 bits per heavy atom. The summed E-state index contributed by atoms with van der Waals surface area (Å²) in [7, 11) is 0. The molecule has 1 aromatic heterocycles. The molecule has 390 valence electrons. The van der Waals surface area contributed by atoms with Gasteiger partial charge in [0.2, 0.25) is 0 Å². The van der Waals surface area contributed by atoms with Crippen molar-refractivity contribution in [2.75, 3.05) is 4.90 Å². The Labute approximate surface area is 480 Å². The first-order valence-corrected chi connectivity index (χ1v) is 29.9. The van der Waals surface area contributed by atoms with Crippen molar-refractivity contribution in [3.63, 3.8) is 0 Å². The van der Waals surface area contributed by atoms with Gasteiger partial charge in [0.25, 0.3) is 0 Å². The molecule has 0 unspecified atom stereocenters. The van der Waals surface area contributed by atoms with Crippen molar-refractivity contribution in [2.24, 2.45) is 23.7 Å². The molecule has 1 spiro atoms. The first-order chi connectivity index (χ1) is 40.6. The monoisotopic (exact) mass is 1050 g/mol. The summed E-state index contributed by atoms with van der Waals surface area (Å²) in [6.07, 6.45) is 8.46. The standard InChI is InChI=1S/C80H59NO/c1-5-17-56(18-6-1)78(57-19-7-2-8-20-57)72-28-16-14-26-66(72)70-48-62(34-38-73(70)78)81(63-32-36-68-65-25-13-15-27-71(65)79(75(68)49-63,58-21-9-3-10-22-58)59-23-11-4-12-24-59)64-33-37-69-67-35-31-54(55-30-29-53-39-40-82-77(53)47-55)46-74(67)80(76(69)50-64)60-42-51-41-52(44-60)45-61(80)43-51/h1-40,46-52,60-61H,41-45H2. The summed E-state index contributed by atoms with van der Waals surface area (Å²) in [5.41, 5.74) is 27.2. The van der Waals surface area contributed by atoms with Crippen molar-refractivity contribution in [3.8, 4) is 44.5 Å². The van der Waals surface area contributed by atoms with Crippen LogP contribution in [0.5, 0.6) is 0 Å². The van der Waals surface area contributed by atoms with Crippen LogP contribution in [0.25, 0.3) is 55.5 Å². The van der Waals surface area contributed by atoms with Crippen LogP contribution in [0.15, 0.2) is 278 Å². The molecule has 82 heavy (non-hydrogen) atoms. The molecule has 12 aromatic rings. The fourth-order valence-corrected chi connectivity index (χ4v) is 18.2. The molecule has 0 atom stereocenters. The predicted octanol–water partition coefficient (Wildman–Crippen LogP) is 20.0. The molecule has 1 heterocycles. The molecule has 19 rings (SSSR count). The van der Waals surface area contributed by atoms with E-state index in [0.717, 1.165) is 34.2 Å². The van der Waals surface area contributed by atoms with Gasteiger partial charge in [-0.1, -0.05) is 212 Å². The van der Waals surface area contributed by atoms with Crippen LogP contribution < -0.4 is 4.90 Å². The molecule has 7 aliphatic rings. The van der Waals surface area contributed by atoms with Gasteiger partial charge in [-0.2, -0.15) is 0 Å². The van der Waals surface area contributed by atoms with Gasteiger partial charge in [-0.3, -0.25) is 0 Å². The van der Waals surface area contributed by atoms with E-state index in [0.29, 0.717) is 11.8 Å². The lowest BCUT2D eigenvalue weighted by Gasteiger charge is -2.61. The second kappa shape index (κ2) is 17.4. The van der Waals surface area contributed by atoms with E-state index in [4.69, 9.17) is 4.42 Å². The van der Waals surface area contributed by atoms with E-state index in [2.05, 4.69) is 272 Å². The number of hydrogen-bond acceptors (Lipinski definition) is 2. The highest BCUT2D eigenvalue weighted by Crippen LogP contribution is 2.70. The van der Waals surface area contributed by atoms with Gasteiger partial charge in [-0.25, -0.2) is 0 Å². The number of anilines is 3. The molecule has 7 aliphatic carbocycles. The van der Waals surface area contributed by atoms with Gasteiger partial charge >= 0.3 is 0 Å². The quantitative estimate of drug-likeness (QED) is 0.151. The van der Waals surface area contributed by atoms with Gasteiger partial charge in [0.1, 0.15) is 5.58 Å². The lowest BCUT2D eigenvalue weighted by atomic mass is 9.43. The van der Waals surface area contributed by atoms with E-state index in [-0.39, 0.29) is 5.41 Å². The zero-order valence-corrected chi connectivity index (χ0v) is 45.7. The van der Waals surface area contributed by atoms with Crippen molar-refractivity contribution >= 4 is 28.0 Å². The maximum Gasteiger partial charge on any atom is 0.134 e. The van der Waals surface area contributed by atoms with Crippen molar-refractivity contribution in [3.05, 3.63) is 329 Å². The molecule has 0 aliphatic heterocycles. The number of benzene rings is 11. The van der Waals surface area contributed by atoms with Crippen LogP contribution in [-0.2, 0) is 16.2 Å². The van der Waals surface area contributed by atoms with E-state index in [9.17, 15) is 0 Å². The normalized spacial score (nSPS) is 21.2. The second-order valence-corrected chi connectivity index (χ2v) is 24.7. The lowest BCUT2D eigenvalue weighted by Crippen LogP contribution is -2.55. The minimum atomic E-state index is -0.554. The Morgan fingerprint density at radius 2 is 0.720 bits per heavy atom. The van der Waals surface area contributed by atoms with Crippen molar-refractivity contribution < 1.29 is 4.42 Å². The molecule has 4 saturated carbocycles. The average molecular weight is 1050 g/mol. The Hall–Kier alpha value is -9.24. The van der Waals surface area contributed by atoms with Crippen molar-refractivity contribution in [1.82, 2.24) is 0 Å². The van der Waals surface area contributed by atoms with Crippen LogP contribution in [-0.4, -0.2) is 0 Å². The van der Waals surface area contributed by atoms with Crippen LogP contribution in [0.1, 0.15) is 87.7 Å². The molecular weight excluding hydrogens is 991 g/mol. The van der Waals surface area contributed by atoms with Gasteiger partial charge in [0.05, 0.1) is 17.1 Å². The number of nitrogens with zero attached hydrogens (tertiary/aromatic N) is 1. The Kier molecular flexibility index (Phi) is 9.86. The molecule has 0 amide bonds. The lowest BCUT2D eigenvalue weighted by molar-refractivity contribution is -0.0399. The molecule has 11 aromatic carbocycles. The predicted molar refractivity (Wildman–Crippen MR) is 334 cm³/mol. The maximum absolute atomic E-state index is 6.00. The van der Waals surface area contributed by atoms with E-state index < -0.39 is 10.8 Å². The van der Waals surface area contributed by atoms with E-state index >= 15 is 0 Å². The van der Waals surface area contributed by atoms with E-state index in [1.165, 1.54) is 132 Å². The highest BCUT2D eigenvalue weighted by molar-refractivity contribution is 5.95. The Bertz CT molecular complexity index is 4420. The zero-order valence-electron chi connectivity index (χ0n) is 45.7. The number of hydrogen-bond donors (Lipinski definition) is 0. The largest absolute Gasteiger partial charge is 0.464 e. The average Bonchev–Trinajstić information content (AvgIpc) is 1.90. The van der Waals surface area contributed by atoms with Gasteiger partial charge in [0.15, 0.2) is 0 Å². The second-order valence-electron chi connectivity index (χ2n) is 24.7. The van der Waals surface area contributed by atoms with Crippen molar-refractivity contribution in [1.29, 1.82) is 0 Å². The van der Waals surface area contributed by atoms with E-state index in [1.54, 1.807) is 5.56 Å². The summed E-state index contributed by atoms with van der Waals surface area (Å²) in [5.74, 6) is 2.82. The summed E-state index contributed by atoms with van der Waals surface area (Å²) in [6.45, 7) is 0. The summed E-state index contributed by atoms with van der Waals surface area (Å²) >= 11 is 0. The molecule has 4 bridgehead atoms. The van der Waals surface area contributed by atoms with Crippen molar-refractivity contribution in [2.45, 2.75) is 48.3 Å². The summed E-state index contributed by atoms with van der Waals surface area (Å²) in [6, 6.07) is 102. The molecular formula is C80H59NO. The van der Waals surface area contributed by atoms with Gasteiger partial charge in [-0.05, 0) is 211 Å². The van der Waals surface area contributed by atoms with Crippen LogP contribution in [0.3, 0.4) is 0 Å². The molecule has 4 fully saturated rings. The number of furan rings is 1. The first-order valence-electron chi connectivity index (χ1n) is 29.9.